The highest BCUT2D eigenvalue weighted by Crippen LogP contribution is 2.35. The first-order valence-corrected chi connectivity index (χ1v) is 8.19. The van der Waals surface area contributed by atoms with Crippen LogP contribution in [0.1, 0.15) is 12.0 Å². The molecule has 3 N–H and O–H groups in total. The van der Waals surface area contributed by atoms with Crippen LogP contribution >= 0.6 is 27.7 Å². The van der Waals surface area contributed by atoms with E-state index < -0.39 is 0 Å². The van der Waals surface area contributed by atoms with Crippen LogP contribution < -0.4 is 16.0 Å². The van der Waals surface area contributed by atoms with E-state index in [9.17, 15) is 9.59 Å². The molecule has 21 heavy (non-hydrogen) atoms. The average Bonchev–Trinajstić information content (AvgIpc) is 2.96. The van der Waals surface area contributed by atoms with Crippen molar-refractivity contribution in [2.24, 2.45) is 5.73 Å². The maximum atomic E-state index is 11.7. The summed E-state index contributed by atoms with van der Waals surface area (Å²) in [4.78, 5) is 25.6. The number of rotatable bonds is 2. The fourth-order valence-electron chi connectivity index (χ4n) is 2.53. The van der Waals surface area contributed by atoms with Crippen LogP contribution in [0.4, 0.5) is 10.5 Å². The highest BCUT2D eigenvalue weighted by molar-refractivity contribution is 9.10. The number of hydrogen-bond acceptors (Lipinski definition) is 5. The maximum absolute atomic E-state index is 11.7. The summed E-state index contributed by atoms with van der Waals surface area (Å²) in [5.74, 6) is -0.339. The molecule has 2 fully saturated rings. The molecule has 1 unspecified atom stereocenters. The van der Waals surface area contributed by atoms with Crippen LogP contribution in [0.25, 0.3) is 6.08 Å². The fourth-order valence-corrected chi connectivity index (χ4v) is 3.84. The van der Waals surface area contributed by atoms with E-state index in [1.807, 2.05) is 18.2 Å². The van der Waals surface area contributed by atoms with E-state index in [1.165, 1.54) is 0 Å². The molecule has 0 spiro atoms. The minimum Gasteiger partial charge on any atom is -0.369 e. The number of carbonyl (C=O) groups is 2. The molecule has 0 aliphatic carbocycles. The highest BCUT2D eigenvalue weighted by atomic mass is 79.9. The Balaban J connectivity index is 1.99. The molecule has 0 aromatic heterocycles. The normalized spacial score (nSPS) is 24.0. The molecule has 2 saturated heterocycles. The fraction of sp³-hybridized carbons (Fsp3) is 0.286. The first kappa shape index (κ1) is 14.6. The van der Waals surface area contributed by atoms with Crippen LogP contribution in [0.2, 0.25) is 0 Å². The monoisotopic (exact) mass is 367 g/mol. The average molecular weight is 368 g/mol. The van der Waals surface area contributed by atoms with Gasteiger partial charge in [-0.3, -0.25) is 14.9 Å². The van der Waals surface area contributed by atoms with Gasteiger partial charge < -0.3 is 10.6 Å². The summed E-state index contributed by atoms with van der Waals surface area (Å²) in [6, 6.07) is 5.99. The van der Waals surface area contributed by atoms with Gasteiger partial charge in [-0.15, -0.1) is 0 Å². The number of hydrogen-bond donors (Lipinski definition) is 2. The number of nitrogens with two attached hydrogens (primary N) is 1. The molecule has 1 aromatic rings. The topological polar surface area (TPSA) is 75.4 Å². The Labute approximate surface area is 135 Å². The van der Waals surface area contributed by atoms with Crippen molar-refractivity contribution in [1.29, 1.82) is 0 Å². The van der Waals surface area contributed by atoms with Crippen LogP contribution in [-0.4, -0.2) is 30.3 Å². The summed E-state index contributed by atoms with van der Waals surface area (Å²) in [5.41, 5.74) is 7.91. The smallest absolute Gasteiger partial charge is 0.290 e. The van der Waals surface area contributed by atoms with E-state index in [-0.39, 0.29) is 17.2 Å². The first-order chi connectivity index (χ1) is 10.0. The van der Waals surface area contributed by atoms with Crippen molar-refractivity contribution in [3.8, 4) is 0 Å². The van der Waals surface area contributed by atoms with Gasteiger partial charge in [0.15, 0.2) is 0 Å². The van der Waals surface area contributed by atoms with Crippen LogP contribution in [0.3, 0.4) is 0 Å². The van der Waals surface area contributed by atoms with Crippen molar-refractivity contribution in [2.75, 3.05) is 18.0 Å². The molecule has 2 amide bonds. The number of nitrogens with zero attached hydrogens (tertiary/aromatic N) is 1. The van der Waals surface area contributed by atoms with Gasteiger partial charge in [0.25, 0.3) is 11.1 Å². The standard InChI is InChI=1S/C14H14BrN3O2S/c15-10-3-1-2-8(6-11-13(19)17-14(20)21-11)12(10)18-5-4-9(16)7-18/h1-3,6,9H,4-5,7,16H2,(H,17,19,20)/b11-6+. The Kier molecular flexibility index (Phi) is 4.05. The molecule has 2 aliphatic rings. The Morgan fingerprint density at radius 1 is 1.43 bits per heavy atom. The predicted molar refractivity (Wildman–Crippen MR) is 88.1 cm³/mol. The number of nitrogens with one attached hydrogen (secondary N) is 1. The van der Waals surface area contributed by atoms with Crippen LogP contribution in [0.15, 0.2) is 27.6 Å². The van der Waals surface area contributed by atoms with Crippen molar-refractivity contribution in [3.63, 3.8) is 0 Å². The number of thioether (sulfide) groups is 1. The second-order valence-corrected chi connectivity index (χ2v) is 6.89. The third-order valence-electron chi connectivity index (χ3n) is 3.49. The number of anilines is 1. The number of benzene rings is 1. The molecule has 3 rings (SSSR count). The SMILES string of the molecule is NC1CCN(c2c(Br)cccc2/C=C2/SC(=O)NC2=O)C1. The number of imide groups is 1. The van der Waals surface area contributed by atoms with Crippen LogP contribution in [0, 0.1) is 0 Å². The molecule has 0 radical (unpaired) electrons. The van der Waals surface area contributed by atoms with E-state index in [1.54, 1.807) is 6.08 Å². The van der Waals surface area contributed by atoms with E-state index >= 15 is 0 Å². The second-order valence-electron chi connectivity index (χ2n) is 5.02. The zero-order valence-corrected chi connectivity index (χ0v) is 13.5. The van der Waals surface area contributed by atoms with Gasteiger partial charge in [-0.05, 0) is 46.3 Å². The van der Waals surface area contributed by atoms with E-state index in [2.05, 4.69) is 26.1 Å². The Bertz CT molecular complexity index is 647. The number of halogens is 1. The molecular formula is C14H14BrN3O2S. The minimum atomic E-state index is -0.339. The Hall–Kier alpha value is -1.31. The third kappa shape index (κ3) is 3.00. The molecule has 2 aliphatic heterocycles. The Morgan fingerprint density at radius 3 is 2.86 bits per heavy atom. The molecule has 0 saturated carbocycles. The first-order valence-electron chi connectivity index (χ1n) is 6.58. The summed E-state index contributed by atoms with van der Waals surface area (Å²) in [6.07, 6.45) is 2.71. The minimum absolute atomic E-state index is 0.170. The second kappa shape index (κ2) is 5.82. The molecule has 5 nitrogen and oxygen atoms in total. The van der Waals surface area contributed by atoms with Crippen LogP contribution in [0.5, 0.6) is 0 Å². The van der Waals surface area contributed by atoms with E-state index in [4.69, 9.17) is 5.73 Å². The van der Waals surface area contributed by atoms with Crippen molar-refractivity contribution >= 4 is 50.6 Å². The molecule has 1 aromatic carbocycles. The molecular weight excluding hydrogens is 354 g/mol. The Morgan fingerprint density at radius 2 is 2.24 bits per heavy atom. The lowest BCUT2D eigenvalue weighted by molar-refractivity contribution is -0.115. The van der Waals surface area contributed by atoms with E-state index in [0.717, 1.165) is 47.0 Å². The molecule has 2 heterocycles. The summed E-state index contributed by atoms with van der Waals surface area (Å²) in [5, 5.41) is 1.94. The number of para-hydroxylation sites is 1. The van der Waals surface area contributed by atoms with Crippen molar-refractivity contribution < 1.29 is 9.59 Å². The lowest BCUT2D eigenvalue weighted by Gasteiger charge is -2.22. The summed E-state index contributed by atoms with van der Waals surface area (Å²) >= 11 is 4.50. The number of amides is 2. The van der Waals surface area contributed by atoms with Crippen molar-refractivity contribution in [2.45, 2.75) is 12.5 Å². The zero-order valence-electron chi connectivity index (χ0n) is 11.1. The predicted octanol–water partition coefficient (Wildman–Crippen LogP) is 2.31. The molecule has 110 valence electrons. The number of carbonyl (C=O) groups excluding carboxylic acids is 2. The van der Waals surface area contributed by atoms with Gasteiger partial charge in [0.05, 0.1) is 10.6 Å². The molecule has 7 heteroatoms. The summed E-state index contributed by atoms with van der Waals surface area (Å²) in [6.45, 7) is 1.68. The van der Waals surface area contributed by atoms with Gasteiger partial charge in [-0.2, -0.15) is 0 Å². The maximum Gasteiger partial charge on any atom is 0.290 e. The van der Waals surface area contributed by atoms with Gasteiger partial charge >= 0.3 is 0 Å². The zero-order chi connectivity index (χ0) is 15.0. The third-order valence-corrected chi connectivity index (χ3v) is 4.94. The van der Waals surface area contributed by atoms with Gasteiger partial charge in [0, 0.05) is 29.2 Å². The van der Waals surface area contributed by atoms with E-state index in [0.29, 0.717) is 4.91 Å². The lowest BCUT2D eigenvalue weighted by Crippen LogP contribution is -2.27. The molecule has 1 atom stereocenters. The molecule has 0 bridgehead atoms. The largest absolute Gasteiger partial charge is 0.369 e. The quantitative estimate of drug-likeness (QED) is 0.784. The van der Waals surface area contributed by atoms with Crippen LogP contribution in [-0.2, 0) is 4.79 Å². The summed E-state index contributed by atoms with van der Waals surface area (Å²) in [7, 11) is 0. The van der Waals surface area contributed by atoms with Gasteiger partial charge in [-0.1, -0.05) is 12.1 Å². The highest BCUT2D eigenvalue weighted by Gasteiger charge is 2.27. The van der Waals surface area contributed by atoms with Gasteiger partial charge in [0.1, 0.15) is 0 Å². The van der Waals surface area contributed by atoms with Crippen molar-refractivity contribution in [1.82, 2.24) is 5.32 Å². The van der Waals surface area contributed by atoms with Crippen molar-refractivity contribution in [3.05, 3.63) is 33.1 Å². The van der Waals surface area contributed by atoms with Gasteiger partial charge in [0.2, 0.25) is 0 Å². The van der Waals surface area contributed by atoms with Gasteiger partial charge in [-0.25, -0.2) is 0 Å². The lowest BCUT2D eigenvalue weighted by atomic mass is 10.1. The summed E-state index contributed by atoms with van der Waals surface area (Å²) < 4.78 is 0.959.